The molecule has 0 aromatic heterocycles. The SMILES string of the molecule is C=CC[C@H]1C=CC[C@@H](C(=O)OC)N1S(=O)(=O)c1ccc([N+](=O)[O-])cc1. The van der Waals surface area contributed by atoms with Gasteiger partial charge in [0.2, 0.25) is 10.0 Å². The molecule has 1 aliphatic rings. The topological polar surface area (TPSA) is 107 Å². The van der Waals surface area contributed by atoms with Crippen LogP contribution in [0, 0.1) is 10.1 Å². The molecule has 25 heavy (non-hydrogen) atoms. The maximum atomic E-state index is 13.1. The third-order valence-electron chi connectivity index (χ3n) is 3.86. The highest BCUT2D eigenvalue weighted by Gasteiger charge is 2.41. The zero-order valence-corrected chi connectivity index (χ0v) is 14.4. The first-order chi connectivity index (χ1) is 11.8. The number of nitrogens with zero attached hydrogens (tertiary/aromatic N) is 2. The minimum atomic E-state index is -4.07. The molecule has 0 saturated carbocycles. The molecule has 1 heterocycles. The minimum absolute atomic E-state index is 0.128. The molecule has 0 bridgehead atoms. The highest BCUT2D eigenvalue weighted by molar-refractivity contribution is 7.89. The van der Waals surface area contributed by atoms with E-state index >= 15 is 0 Å². The van der Waals surface area contributed by atoms with Crippen LogP contribution in [0.2, 0.25) is 0 Å². The third-order valence-corrected chi connectivity index (χ3v) is 5.80. The molecule has 0 amide bonds. The van der Waals surface area contributed by atoms with Crippen LogP contribution < -0.4 is 0 Å². The summed E-state index contributed by atoms with van der Waals surface area (Å²) in [7, 11) is -2.87. The van der Waals surface area contributed by atoms with Crippen LogP contribution in [-0.4, -0.2) is 42.8 Å². The van der Waals surface area contributed by atoms with Crippen LogP contribution in [0.25, 0.3) is 0 Å². The van der Waals surface area contributed by atoms with Crippen LogP contribution in [0.5, 0.6) is 0 Å². The summed E-state index contributed by atoms with van der Waals surface area (Å²) in [6.07, 6.45) is 5.50. The number of hydrogen-bond acceptors (Lipinski definition) is 6. The van der Waals surface area contributed by atoms with Crippen molar-refractivity contribution < 1.29 is 22.9 Å². The molecule has 1 aliphatic heterocycles. The van der Waals surface area contributed by atoms with Crippen molar-refractivity contribution in [3.05, 3.63) is 59.2 Å². The number of ether oxygens (including phenoxy) is 1. The Kier molecular flexibility index (Phi) is 5.70. The maximum Gasteiger partial charge on any atom is 0.324 e. The van der Waals surface area contributed by atoms with Gasteiger partial charge in [0.1, 0.15) is 6.04 Å². The summed E-state index contributed by atoms with van der Waals surface area (Å²) in [6, 6.07) is 2.96. The molecule has 9 heteroatoms. The molecule has 0 aliphatic carbocycles. The van der Waals surface area contributed by atoms with Crippen molar-refractivity contribution in [1.29, 1.82) is 0 Å². The average Bonchev–Trinajstić information content (AvgIpc) is 2.61. The van der Waals surface area contributed by atoms with E-state index in [4.69, 9.17) is 4.74 Å². The van der Waals surface area contributed by atoms with Crippen LogP contribution in [-0.2, 0) is 19.6 Å². The smallest absolute Gasteiger partial charge is 0.324 e. The quantitative estimate of drug-likeness (QED) is 0.330. The van der Waals surface area contributed by atoms with Crippen LogP contribution in [0.1, 0.15) is 12.8 Å². The van der Waals surface area contributed by atoms with Gasteiger partial charge in [-0.1, -0.05) is 18.2 Å². The zero-order valence-electron chi connectivity index (χ0n) is 13.6. The van der Waals surface area contributed by atoms with Gasteiger partial charge in [-0.05, 0) is 25.0 Å². The normalized spacial score (nSPS) is 20.8. The van der Waals surface area contributed by atoms with Gasteiger partial charge in [0.15, 0.2) is 0 Å². The lowest BCUT2D eigenvalue weighted by atomic mass is 10.0. The Morgan fingerprint density at radius 1 is 1.44 bits per heavy atom. The number of sulfonamides is 1. The van der Waals surface area contributed by atoms with Gasteiger partial charge in [-0.2, -0.15) is 4.31 Å². The Bertz CT molecular complexity index is 800. The first-order valence-corrected chi connectivity index (χ1v) is 8.90. The molecule has 2 rings (SSSR count). The second-order valence-electron chi connectivity index (χ2n) is 5.38. The van der Waals surface area contributed by atoms with Gasteiger partial charge in [0.05, 0.1) is 16.9 Å². The van der Waals surface area contributed by atoms with Crippen LogP contribution >= 0.6 is 0 Å². The Morgan fingerprint density at radius 3 is 2.60 bits per heavy atom. The fourth-order valence-corrected chi connectivity index (χ4v) is 4.42. The Labute approximate surface area is 145 Å². The largest absolute Gasteiger partial charge is 0.468 e. The lowest BCUT2D eigenvalue weighted by Gasteiger charge is -2.36. The van der Waals surface area contributed by atoms with Gasteiger partial charge in [-0.15, -0.1) is 6.58 Å². The second kappa shape index (κ2) is 7.58. The molecule has 0 spiro atoms. The number of esters is 1. The van der Waals surface area contributed by atoms with Gasteiger partial charge >= 0.3 is 5.97 Å². The molecule has 1 aromatic rings. The Hall–Kier alpha value is -2.52. The minimum Gasteiger partial charge on any atom is -0.468 e. The van der Waals surface area contributed by atoms with Crippen molar-refractivity contribution in [2.45, 2.75) is 29.8 Å². The molecule has 0 fully saturated rings. The first-order valence-electron chi connectivity index (χ1n) is 7.46. The van der Waals surface area contributed by atoms with Crippen molar-refractivity contribution in [3.63, 3.8) is 0 Å². The number of methoxy groups -OCH3 is 1. The van der Waals surface area contributed by atoms with E-state index in [2.05, 4.69) is 6.58 Å². The fraction of sp³-hybridized carbons (Fsp3) is 0.312. The van der Waals surface area contributed by atoms with Gasteiger partial charge in [0.25, 0.3) is 5.69 Å². The number of benzene rings is 1. The molecular formula is C16H18N2O6S. The molecule has 134 valence electrons. The highest BCUT2D eigenvalue weighted by atomic mass is 32.2. The number of hydrogen-bond donors (Lipinski definition) is 0. The maximum absolute atomic E-state index is 13.1. The summed E-state index contributed by atoms with van der Waals surface area (Å²) in [5.41, 5.74) is -0.218. The van der Waals surface area contributed by atoms with Crippen molar-refractivity contribution in [3.8, 4) is 0 Å². The van der Waals surface area contributed by atoms with E-state index in [-0.39, 0.29) is 17.0 Å². The van der Waals surface area contributed by atoms with Crippen molar-refractivity contribution in [2.24, 2.45) is 0 Å². The van der Waals surface area contributed by atoms with Gasteiger partial charge < -0.3 is 4.74 Å². The van der Waals surface area contributed by atoms with Crippen molar-refractivity contribution >= 4 is 21.7 Å². The standard InChI is InChI=1S/C16H18N2O6S/c1-3-5-12-6-4-7-15(16(19)24-2)17(12)25(22,23)14-10-8-13(9-11-14)18(20)21/h3-4,6,8-12,15H,1,5,7H2,2H3/t12-,15-/m0/s1. The molecule has 0 radical (unpaired) electrons. The molecule has 1 aromatic carbocycles. The summed E-state index contributed by atoms with van der Waals surface area (Å²) in [5, 5.41) is 10.7. The van der Waals surface area contributed by atoms with Crippen molar-refractivity contribution in [1.82, 2.24) is 4.31 Å². The molecular weight excluding hydrogens is 348 g/mol. The van der Waals surface area contributed by atoms with Gasteiger partial charge in [-0.3, -0.25) is 14.9 Å². The molecule has 0 N–H and O–H groups in total. The summed E-state index contributed by atoms with van der Waals surface area (Å²) < 4.78 is 31.9. The number of carbonyl (C=O) groups excluding carboxylic acids is 1. The number of nitro benzene ring substituents is 1. The Balaban J connectivity index is 2.49. The van der Waals surface area contributed by atoms with Gasteiger partial charge in [-0.25, -0.2) is 8.42 Å². The van der Waals surface area contributed by atoms with E-state index in [1.54, 1.807) is 18.2 Å². The summed E-state index contributed by atoms with van der Waals surface area (Å²) >= 11 is 0. The van der Waals surface area contributed by atoms with E-state index in [9.17, 15) is 23.3 Å². The van der Waals surface area contributed by atoms with Crippen LogP contribution in [0.3, 0.4) is 0 Å². The second-order valence-corrected chi connectivity index (χ2v) is 7.22. The lowest BCUT2D eigenvalue weighted by molar-refractivity contribution is -0.384. The number of rotatable bonds is 6. The average molecular weight is 366 g/mol. The van der Waals surface area contributed by atoms with E-state index in [1.807, 2.05) is 0 Å². The predicted molar refractivity (Wildman–Crippen MR) is 90.3 cm³/mol. The summed E-state index contributed by atoms with van der Waals surface area (Å²) in [4.78, 5) is 22.1. The molecule has 0 unspecified atom stereocenters. The van der Waals surface area contributed by atoms with E-state index in [0.29, 0.717) is 6.42 Å². The van der Waals surface area contributed by atoms with Crippen LogP contribution in [0.15, 0.2) is 54.0 Å². The lowest BCUT2D eigenvalue weighted by Crippen LogP contribution is -2.51. The van der Waals surface area contributed by atoms with E-state index in [0.717, 1.165) is 28.6 Å². The monoisotopic (exact) mass is 366 g/mol. The van der Waals surface area contributed by atoms with Crippen LogP contribution in [0.4, 0.5) is 5.69 Å². The first kappa shape index (κ1) is 18.8. The predicted octanol–water partition coefficient (Wildman–Crippen LogP) is 2.03. The summed E-state index contributed by atoms with van der Waals surface area (Å²) in [5.74, 6) is -0.663. The third kappa shape index (κ3) is 3.77. The summed E-state index contributed by atoms with van der Waals surface area (Å²) in [6.45, 7) is 3.62. The molecule has 2 atom stereocenters. The number of carbonyl (C=O) groups is 1. The fourth-order valence-electron chi connectivity index (χ4n) is 2.68. The van der Waals surface area contributed by atoms with Gasteiger partial charge in [0, 0.05) is 18.2 Å². The van der Waals surface area contributed by atoms with E-state index in [1.165, 1.54) is 7.11 Å². The molecule has 0 saturated heterocycles. The van der Waals surface area contributed by atoms with E-state index < -0.39 is 33.0 Å². The number of nitro groups is 1. The molecule has 8 nitrogen and oxygen atoms in total. The zero-order chi connectivity index (χ0) is 18.6. The van der Waals surface area contributed by atoms with Crippen molar-refractivity contribution in [2.75, 3.05) is 7.11 Å². The number of non-ortho nitro benzene ring substituents is 1. The Morgan fingerprint density at radius 2 is 2.08 bits per heavy atom. The highest BCUT2D eigenvalue weighted by Crippen LogP contribution is 2.29.